The van der Waals surface area contributed by atoms with Crippen molar-refractivity contribution < 1.29 is 19.1 Å². The van der Waals surface area contributed by atoms with E-state index in [1.807, 2.05) is 19.1 Å². The van der Waals surface area contributed by atoms with Gasteiger partial charge in [-0.1, -0.05) is 29.8 Å². The van der Waals surface area contributed by atoms with Gasteiger partial charge in [0.15, 0.2) is 12.3 Å². The molecule has 0 saturated heterocycles. The number of amides is 3. The Bertz CT molecular complexity index is 1520. The predicted octanol–water partition coefficient (Wildman–Crippen LogP) is 2.88. The molecule has 3 N–H and O–H groups in total. The van der Waals surface area contributed by atoms with Gasteiger partial charge in [-0.25, -0.2) is 9.50 Å². The summed E-state index contributed by atoms with van der Waals surface area (Å²) in [6.07, 6.45) is 1.50. The van der Waals surface area contributed by atoms with E-state index >= 15 is 0 Å². The van der Waals surface area contributed by atoms with Crippen LogP contribution in [0.5, 0.6) is 5.75 Å². The minimum Gasteiger partial charge on any atom is -0.482 e. The second kappa shape index (κ2) is 9.67. The van der Waals surface area contributed by atoms with Crippen molar-refractivity contribution in [1.29, 1.82) is 0 Å². The Morgan fingerprint density at radius 3 is 2.61 bits per heavy atom. The Kier molecular flexibility index (Phi) is 6.26. The van der Waals surface area contributed by atoms with Gasteiger partial charge < -0.3 is 20.7 Å². The smallest absolute Gasteiger partial charge is 0.270 e. The van der Waals surface area contributed by atoms with E-state index in [-0.39, 0.29) is 37.0 Å². The van der Waals surface area contributed by atoms with Gasteiger partial charge in [-0.2, -0.15) is 5.10 Å². The van der Waals surface area contributed by atoms with Crippen molar-refractivity contribution in [2.45, 2.75) is 20.0 Å². The van der Waals surface area contributed by atoms with Crippen molar-refractivity contribution in [3.05, 3.63) is 87.8 Å². The van der Waals surface area contributed by atoms with E-state index in [1.54, 1.807) is 30.3 Å². The number of rotatable bonds is 6. The summed E-state index contributed by atoms with van der Waals surface area (Å²) in [5.74, 6) is -0.544. The first-order chi connectivity index (χ1) is 17.4. The third-order valence-electron chi connectivity index (χ3n) is 5.64. The Hall–Kier alpha value is -4.44. The predicted molar refractivity (Wildman–Crippen MR) is 132 cm³/mol. The molecule has 182 valence electrons. The highest BCUT2D eigenvalue weighted by molar-refractivity contribution is 6.31. The molecule has 0 atom stereocenters. The maximum Gasteiger partial charge on any atom is 0.270 e. The van der Waals surface area contributed by atoms with Gasteiger partial charge in [0.05, 0.1) is 11.9 Å². The van der Waals surface area contributed by atoms with Gasteiger partial charge in [0.1, 0.15) is 17.1 Å². The van der Waals surface area contributed by atoms with Crippen LogP contribution < -0.4 is 20.7 Å². The number of anilines is 1. The SMILES string of the molecule is Cc1ccc(CNC(=O)c2cc(C(=O)NCc3ccc4c(c3)NC(=O)CO4)nc3ccnn23)cc1Cl. The van der Waals surface area contributed by atoms with E-state index in [2.05, 4.69) is 26.0 Å². The maximum absolute atomic E-state index is 13.0. The first-order valence-corrected chi connectivity index (χ1v) is 11.5. The van der Waals surface area contributed by atoms with Crippen LogP contribution in [0.25, 0.3) is 5.65 Å². The highest BCUT2D eigenvalue weighted by Gasteiger charge is 2.19. The standard InChI is InChI=1S/C25H21ClN6O4/c1-14-2-3-15(8-17(14)26)11-28-25(35)20-10-19(30-22-6-7-29-32(20)22)24(34)27-12-16-4-5-21-18(9-16)31-23(33)13-36-21/h2-10H,11-13H2,1H3,(H,27,34)(H,28,35)(H,31,33). The molecule has 10 nitrogen and oxygen atoms in total. The minimum atomic E-state index is -0.462. The van der Waals surface area contributed by atoms with Gasteiger partial charge in [-0.3, -0.25) is 14.4 Å². The highest BCUT2D eigenvalue weighted by atomic mass is 35.5. The maximum atomic E-state index is 13.0. The molecule has 1 aliphatic heterocycles. The molecule has 4 aromatic rings. The van der Waals surface area contributed by atoms with E-state index in [9.17, 15) is 14.4 Å². The Morgan fingerprint density at radius 2 is 1.81 bits per heavy atom. The molecule has 0 radical (unpaired) electrons. The molecular weight excluding hydrogens is 484 g/mol. The molecule has 1 aliphatic rings. The number of fused-ring (bicyclic) bond motifs is 2. The summed E-state index contributed by atoms with van der Waals surface area (Å²) in [4.78, 5) is 41.8. The van der Waals surface area contributed by atoms with Crippen LogP contribution in [0.3, 0.4) is 0 Å². The van der Waals surface area contributed by atoms with Crippen LogP contribution in [-0.4, -0.2) is 38.9 Å². The molecule has 0 fully saturated rings. The molecule has 36 heavy (non-hydrogen) atoms. The second-order valence-corrected chi connectivity index (χ2v) is 8.65. The number of hydrogen-bond acceptors (Lipinski definition) is 6. The van der Waals surface area contributed by atoms with Crippen molar-refractivity contribution in [3.8, 4) is 5.75 Å². The first-order valence-electron chi connectivity index (χ1n) is 11.1. The molecule has 2 aromatic carbocycles. The Balaban J connectivity index is 1.31. The zero-order chi connectivity index (χ0) is 25.2. The van der Waals surface area contributed by atoms with Gasteiger partial charge in [-0.05, 0) is 41.8 Å². The monoisotopic (exact) mass is 504 g/mol. The summed E-state index contributed by atoms with van der Waals surface area (Å²) < 4.78 is 6.73. The second-order valence-electron chi connectivity index (χ2n) is 8.24. The zero-order valence-corrected chi connectivity index (χ0v) is 19.9. The fourth-order valence-corrected chi connectivity index (χ4v) is 3.93. The molecule has 3 amide bonds. The number of halogens is 1. The lowest BCUT2D eigenvalue weighted by molar-refractivity contribution is -0.118. The molecular formula is C25H21ClN6O4. The summed E-state index contributed by atoms with van der Waals surface area (Å²) in [5, 5.41) is 13.1. The van der Waals surface area contributed by atoms with Crippen molar-refractivity contribution in [2.75, 3.05) is 11.9 Å². The fraction of sp³-hybridized carbons (Fsp3) is 0.160. The Labute approximate surface area is 210 Å². The number of ether oxygens (including phenoxy) is 1. The van der Waals surface area contributed by atoms with Crippen LogP contribution in [-0.2, 0) is 17.9 Å². The molecule has 2 aromatic heterocycles. The van der Waals surface area contributed by atoms with Gasteiger partial charge in [0.2, 0.25) is 0 Å². The number of nitrogens with zero attached hydrogens (tertiary/aromatic N) is 3. The van der Waals surface area contributed by atoms with Crippen LogP contribution in [0, 0.1) is 6.92 Å². The van der Waals surface area contributed by atoms with Crippen LogP contribution in [0.4, 0.5) is 5.69 Å². The molecule has 0 bridgehead atoms. The Morgan fingerprint density at radius 1 is 1.06 bits per heavy atom. The van der Waals surface area contributed by atoms with Crippen molar-refractivity contribution >= 4 is 40.7 Å². The quantitative estimate of drug-likeness (QED) is 0.370. The van der Waals surface area contributed by atoms with Crippen LogP contribution in [0.1, 0.15) is 37.7 Å². The van der Waals surface area contributed by atoms with Gasteiger partial charge >= 0.3 is 0 Å². The lowest BCUT2D eigenvalue weighted by Gasteiger charge is -2.18. The molecule has 11 heteroatoms. The minimum absolute atomic E-state index is 0.0273. The summed E-state index contributed by atoms with van der Waals surface area (Å²) in [7, 11) is 0. The average molecular weight is 505 g/mol. The number of carbonyl (C=O) groups is 3. The molecule has 0 saturated carbocycles. The van der Waals surface area contributed by atoms with Crippen LogP contribution in [0.15, 0.2) is 54.7 Å². The van der Waals surface area contributed by atoms with E-state index in [0.29, 0.717) is 22.1 Å². The summed E-state index contributed by atoms with van der Waals surface area (Å²) in [6, 6.07) is 13.8. The normalized spacial score (nSPS) is 12.4. The molecule has 0 spiro atoms. The number of aryl methyl sites for hydroxylation is 1. The molecule has 0 aliphatic carbocycles. The number of benzene rings is 2. The van der Waals surface area contributed by atoms with Gasteiger partial charge in [0, 0.05) is 30.2 Å². The van der Waals surface area contributed by atoms with Crippen molar-refractivity contribution in [2.24, 2.45) is 0 Å². The van der Waals surface area contributed by atoms with Crippen LogP contribution >= 0.6 is 11.6 Å². The van der Waals surface area contributed by atoms with Gasteiger partial charge in [0.25, 0.3) is 17.7 Å². The number of aromatic nitrogens is 3. The molecule has 5 rings (SSSR count). The van der Waals surface area contributed by atoms with Crippen molar-refractivity contribution in [3.63, 3.8) is 0 Å². The van der Waals surface area contributed by atoms with E-state index in [1.165, 1.54) is 16.8 Å². The third-order valence-corrected chi connectivity index (χ3v) is 6.05. The third kappa shape index (κ3) is 4.84. The fourth-order valence-electron chi connectivity index (χ4n) is 3.72. The first kappa shape index (κ1) is 23.3. The number of hydrogen-bond donors (Lipinski definition) is 3. The highest BCUT2D eigenvalue weighted by Crippen LogP contribution is 2.28. The molecule has 3 heterocycles. The molecule has 0 unspecified atom stereocenters. The van der Waals surface area contributed by atoms with Gasteiger partial charge in [-0.15, -0.1) is 0 Å². The average Bonchev–Trinajstić information content (AvgIpc) is 3.35. The lowest BCUT2D eigenvalue weighted by atomic mass is 10.1. The van der Waals surface area contributed by atoms with Crippen molar-refractivity contribution in [1.82, 2.24) is 25.2 Å². The lowest BCUT2D eigenvalue weighted by Crippen LogP contribution is -2.28. The number of carbonyl (C=O) groups excluding carboxylic acids is 3. The number of nitrogens with one attached hydrogen (secondary N) is 3. The topological polar surface area (TPSA) is 127 Å². The largest absolute Gasteiger partial charge is 0.482 e. The van der Waals surface area contributed by atoms with E-state index in [4.69, 9.17) is 16.3 Å². The van der Waals surface area contributed by atoms with Crippen LogP contribution in [0.2, 0.25) is 5.02 Å². The van der Waals surface area contributed by atoms with E-state index in [0.717, 1.165) is 16.7 Å². The summed E-state index contributed by atoms with van der Waals surface area (Å²) in [6.45, 7) is 2.31. The zero-order valence-electron chi connectivity index (χ0n) is 19.2. The van der Waals surface area contributed by atoms with E-state index < -0.39 is 11.8 Å². The summed E-state index contributed by atoms with van der Waals surface area (Å²) in [5.41, 5.74) is 3.69. The summed E-state index contributed by atoms with van der Waals surface area (Å²) >= 11 is 6.18.